The first-order valence-electron chi connectivity index (χ1n) is 5.01. The van der Waals surface area contributed by atoms with Crippen LogP contribution in [-0.2, 0) is 31.1 Å². The van der Waals surface area contributed by atoms with Crippen molar-refractivity contribution in [1.82, 2.24) is 0 Å². The van der Waals surface area contributed by atoms with Gasteiger partial charge in [0.25, 0.3) is 0 Å². The van der Waals surface area contributed by atoms with Gasteiger partial charge in [-0.2, -0.15) is 0 Å². The zero-order valence-corrected chi connectivity index (χ0v) is 11.1. The first-order valence-corrected chi connectivity index (χ1v) is 7.98. The predicted molar refractivity (Wildman–Crippen MR) is 68.6 cm³/mol. The Morgan fingerprint density at radius 1 is 1.00 bits per heavy atom. The highest BCUT2D eigenvalue weighted by molar-refractivity contribution is 7.85. The molecule has 0 saturated carbocycles. The fraction of sp³-hybridized carbons (Fsp3) is 0.545. The van der Waals surface area contributed by atoms with E-state index in [0.717, 1.165) is 0 Å². The molecule has 0 aliphatic carbocycles. The van der Waals surface area contributed by atoms with Crippen LogP contribution >= 0.6 is 0 Å². The van der Waals surface area contributed by atoms with E-state index in [1.165, 1.54) is 0 Å². The van der Waals surface area contributed by atoms with Crippen molar-refractivity contribution in [2.75, 3.05) is 23.0 Å². The summed E-state index contributed by atoms with van der Waals surface area (Å²) in [5, 5.41) is 0. The fourth-order valence-corrected chi connectivity index (χ4v) is 3.29. The molecule has 1 heterocycles. The molecular formula is C11H12O5S2. The van der Waals surface area contributed by atoms with Gasteiger partial charge in [0.1, 0.15) is 0 Å². The summed E-state index contributed by atoms with van der Waals surface area (Å²) in [6.07, 6.45) is 7.85. The minimum atomic E-state index is -1.30. The Kier molecular flexibility index (Phi) is 5.90. The third-order valence-electron chi connectivity index (χ3n) is 2.10. The molecule has 0 amide bonds. The Labute approximate surface area is 111 Å². The average Bonchev–Trinajstić information content (AvgIpc) is 2.59. The van der Waals surface area contributed by atoms with Gasteiger partial charge in [0.2, 0.25) is 0 Å². The lowest BCUT2D eigenvalue weighted by molar-refractivity contribution is 0.119. The minimum Gasteiger partial charge on any atom is -0.426 e. The van der Waals surface area contributed by atoms with Crippen LogP contribution in [0.2, 0.25) is 0 Å². The molecule has 4 unspecified atom stereocenters. The summed E-state index contributed by atoms with van der Waals surface area (Å²) in [7, 11) is -2.59. The van der Waals surface area contributed by atoms with E-state index < -0.39 is 40.0 Å². The van der Waals surface area contributed by atoms with Crippen molar-refractivity contribution in [1.29, 1.82) is 0 Å². The number of hydrogen-bond donors (Lipinski definition) is 0. The molecule has 1 aliphatic rings. The van der Waals surface area contributed by atoms with Gasteiger partial charge in [0.05, 0.1) is 23.0 Å². The van der Waals surface area contributed by atoms with Crippen LogP contribution in [0.1, 0.15) is 0 Å². The Hall–Kier alpha value is -1.31. The summed E-state index contributed by atoms with van der Waals surface area (Å²) in [6, 6.07) is 0. The lowest BCUT2D eigenvalue weighted by Crippen LogP contribution is -2.33. The first kappa shape index (κ1) is 14.7. The molecule has 5 nitrogen and oxygen atoms in total. The molecule has 7 heteroatoms. The maximum atomic E-state index is 11.5. The van der Waals surface area contributed by atoms with Crippen LogP contribution in [0.3, 0.4) is 0 Å². The van der Waals surface area contributed by atoms with Gasteiger partial charge < -0.3 is 9.47 Å². The monoisotopic (exact) mass is 288 g/mol. The van der Waals surface area contributed by atoms with Crippen molar-refractivity contribution in [2.45, 2.75) is 12.2 Å². The summed E-state index contributed by atoms with van der Waals surface area (Å²) in [5.41, 5.74) is 0. The topological polar surface area (TPSA) is 69.7 Å². The van der Waals surface area contributed by atoms with Gasteiger partial charge in [-0.15, -0.1) is 12.8 Å². The van der Waals surface area contributed by atoms with E-state index >= 15 is 0 Å². The molecule has 1 aliphatic heterocycles. The number of rotatable bonds is 6. The van der Waals surface area contributed by atoms with Crippen LogP contribution in [0.4, 0.5) is 4.79 Å². The van der Waals surface area contributed by atoms with Crippen molar-refractivity contribution < 1.29 is 22.7 Å². The molecular weight excluding hydrogens is 276 g/mol. The lowest BCUT2D eigenvalue weighted by Gasteiger charge is -2.13. The highest BCUT2D eigenvalue weighted by Gasteiger charge is 2.38. The smallest absolute Gasteiger partial charge is 0.426 e. The molecule has 0 aromatic carbocycles. The molecule has 1 saturated heterocycles. The summed E-state index contributed by atoms with van der Waals surface area (Å²) in [4.78, 5) is 11.0. The second kappa shape index (κ2) is 7.20. The molecule has 98 valence electrons. The molecule has 4 atom stereocenters. The number of hydrogen-bond acceptors (Lipinski definition) is 5. The van der Waals surface area contributed by atoms with Crippen LogP contribution in [0.25, 0.3) is 0 Å². The van der Waals surface area contributed by atoms with E-state index in [1.807, 2.05) is 0 Å². The Morgan fingerprint density at radius 3 is 1.72 bits per heavy atom. The molecule has 0 radical (unpaired) electrons. The van der Waals surface area contributed by atoms with Crippen LogP contribution in [-0.4, -0.2) is 49.8 Å². The zero-order chi connectivity index (χ0) is 13.5. The quantitative estimate of drug-likeness (QED) is 0.494. The highest BCUT2D eigenvalue weighted by atomic mass is 32.2. The van der Waals surface area contributed by atoms with Crippen molar-refractivity contribution in [3.63, 3.8) is 0 Å². The van der Waals surface area contributed by atoms with Crippen molar-refractivity contribution >= 4 is 27.8 Å². The van der Waals surface area contributed by atoms with Gasteiger partial charge in [-0.3, -0.25) is 8.42 Å². The summed E-state index contributed by atoms with van der Waals surface area (Å²) in [6.45, 7) is 0. The Bertz CT molecular complexity index is 405. The van der Waals surface area contributed by atoms with Gasteiger partial charge in [0.15, 0.2) is 12.2 Å². The second-order valence-corrected chi connectivity index (χ2v) is 6.48. The normalized spacial score (nSPS) is 25.3. The lowest BCUT2D eigenvalue weighted by atomic mass is 10.3. The number of carbonyl (C=O) groups excluding carboxylic acids is 1. The van der Waals surface area contributed by atoms with E-state index in [2.05, 4.69) is 11.8 Å². The number of ether oxygens (including phenoxy) is 2. The van der Waals surface area contributed by atoms with E-state index in [1.54, 1.807) is 0 Å². The number of cyclic esters (lactones) is 2. The summed E-state index contributed by atoms with van der Waals surface area (Å²) >= 11 is 0. The van der Waals surface area contributed by atoms with Crippen LogP contribution in [0.15, 0.2) is 0 Å². The number of carbonyl (C=O) groups is 1. The minimum absolute atomic E-state index is 0.0772. The molecule has 0 aromatic rings. The van der Waals surface area contributed by atoms with E-state index in [0.29, 0.717) is 0 Å². The third-order valence-corrected chi connectivity index (χ3v) is 4.48. The van der Waals surface area contributed by atoms with Crippen LogP contribution < -0.4 is 0 Å². The third kappa shape index (κ3) is 4.52. The largest absolute Gasteiger partial charge is 0.509 e. The molecule has 18 heavy (non-hydrogen) atoms. The summed E-state index contributed by atoms with van der Waals surface area (Å²) in [5.74, 6) is 4.83. The standard InChI is InChI=1S/C11H12O5S2/c1-3-5-17(13)7-9-10(16-11(12)15-9)8-18(14)6-4-2/h1-2,9-10H,5-8H2. The zero-order valence-electron chi connectivity index (χ0n) is 9.50. The molecule has 1 rings (SSSR count). The predicted octanol–water partition coefficient (Wildman–Crippen LogP) is -0.346. The molecule has 0 N–H and O–H groups in total. The molecule has 0 bridgehead atoms. The van der Waals surface area contributed by atoms with Crippen molar-refractivity contribution in [3.8, 4) is 24.7 Å². The fourth-order valence-electron chi connectivity index (χ4n) is 1.38. The summed E-state index contributed by atoms with van der Waals surface area (Å²) < 4.78 is 32.7. The Morgan fingerprint density at radius 2 is 1.39 bits per heavy atom. The maximum Gasteiger partial charge on any atom is 0.509 e. The Balaban J connectivity index is 2.57. The van der Waals surface area contributed by atoms with Gasteiger partial charge in [-0.25, -0.2) is 4.79 Å². The van der Waals surface area contributed by atoms with Crippen molar-refractivity contribution in [3.05, 3.63) is 0 Å². The van der Waals surface area contributed by atoms with Gasteiger partial charge in [-0.05, 0) is 0 Å². The molecule has 0 aromatic heterocycles. The SMILES string of the molecule is C#CCS(=O)CC1OC(=O)OC1CS(=O)CC#C. The number of terminal acetylenes is 2. The molecule has 1 fully saturated rings. The van der Waals surface area contributed by atoms with Gasteiger partial charge >= 0.3 is 6.16 Å². The highest BCUT2D eigenvalue weighted by Crippen LogP contribution is 2.17. The first-order chi connectivity index (χ1) is 8.56. The maximum absolute atomic E-state index is 11.5. The van der Waals surface area contributed by atoms with Crippen molar-refractivity contribution in [2.24, 2.45) is 0 Å². The van der Waals surface area contributed by atoms with E-state index in [9.17, 15) is 13.2 Å². The van der Waals surface area contributed by atoms with Gasteiger partial charge in [-0.1, -0.05) is 11.8 Å². The average molecular weight is 288 g/mol. The van der Waals surface area contributed by atoms with Crippen LogP contribution in [0.5, 0.6) is 0 Å². The van der Waals surface area contributed by atoms with Gasteiger partial charge in [0, 0.05) is 21.6 Å². The van der Waals surface area contributed by atoms with E-state index in [4.69, 9.17) is 22.3 Å². The van der Waals surface area contributed by atoms with Crippen LogP contribution in [0, 0.1) is 24.7 Å². The van der Waals surface area contributed by atoms with E-state index in [-0.39, 0.29) is 23.0 Å². The molecule has 0 spiro atoms. The second-order valence-electron chi connectivity index (χ2n) is 3.47.